The Morgan fingerprint density at radius 1 is 1.39 bits per heavy atom. The number of aromatic nitrogens is 1. The first-order valence-electron chi connectivity index (χ1n) is 6.42. The van der Waals surface area contributed by atoms with E-state index in [9.17, 15) is 0 Å². The molecule has 0 atom stereocenters. The number of hydrogen-bond donors (Lipinski definition) is 1. The molecule has 1 heterocycles. The molecule has 2 rings (SSSR count). The zero-order valence-corrected chi connectivity index (χ0v) is 10.8. The molecule has 0 amide bonds. The topological polar surface area (TPSA) is 71.9 Å². The molecule has 1 fully saturated rings. The average molecular weight is 245 g/mol. The smallest absolute Gasteiger partial charge is 0.214 e. The highest BCUT2D eigenvalue weighted by Crippen LogP contribution is 2.26. The van der Waals surface area contributed by atoms with Gasteiger partial charge in [-0.05, 0) is 25.8 Å². The van der Waals surface area contributed by atoms with E-state index >= 15 is 0 Å². The molecular formula is C14H19N3O. The maximum absolute atomic E-state index is 8.90. The van der Waals surface area contributed by atoms with Crippen LogP contribution in [-0.2, 0) is 0 Å². The monoisotopic (exact) mass is 245 g/mol. The Morgan fingerprint density at radius 3 is 2.78 bits per heavy atom. The van der Waals surface area contributed by atoms with Gasteiger partial charge in [-0.25, -0.2) is 4.98 Å². The van der Waals surface area contributed by atoms with Crippen LogP contribution in [0, 0.1) is 18.3 Å². The Labute approximate surface area is 108 Å². The van der Waals surface area contributed by atoms with Gasteiger partial charge in [0.1, 0.15) is 6.61 Å². The second kappa shape index (κ2) is 5.36. The number of hydrogen-bond acceptors (Lipinski definition) is 4. The standard InChI is InChI=1S/C14H19N3O/c1-11-7-12(9-15)8-13(17-11)18-10-14(16)5-3-2-4-6-14/h7-8H,2-6,10,16H2,1H3. The van der Waals surface area contributed by atoms with Crippen LogP contribution in [0.4, 0.5) is 0 Å². The van der Waals surface area contributed by atoms with Gasteiger partial charge in [0.15, 0.2) is 0 Å². The lowest BCUT2D eigenvalue weighted by atomic mass is 9.83. The molecule has 18 heavy (non-hydrogen) atoms. The minimum absolute atomic E-state index is 0.226. The molecule has 4 heteroatoms. The number of rotatable bonds is 3. The molecule has 0 unspecified atom stereocenters. The summed E-state index contributed by atoms with van der Waals surface area (Å²) >= 11 is 0. The van der Waals surface area contributed by atoms with Gasteiger partial charge < -0.3 is 10.5 Å². The SMILES string of the molecule is Cc1cc(C#N)cc(OCC2(N)CCCCC2)n1. The highest BCUT2D eigenvalue weighted by atomic mass is 16.5. The van der Waals surface area contributed by atoms with Crippen molar-refractivity contribution in [1.29, 1.82) is 5.26 Å². The summed E-state index contributed by atoms with van der Waals surface area (Å²) in [6.45, 7) is 2.33. The van der Waals surface area contributed by atoms with E-state index in [0.29, 0.717) is 18.1 Å². The van der Waals surface area contributed by atoms with Crippen LogP contribution in [0.25, 0.3) is 0 Å². The second-order valence-corrected chi connectivity index (χ2v) is 5.16. The number of nitriles is 1. The molecule has 0 spiro atoms. The minimum atomic E-state index is -0.226. The quantitative estimate of drug-likeness (QED) is 0.886. The molecule has 1 aromatic heterocycles. The summed E-state index contributed by atoms with van der Waals surface area (Å²) in [5, 5.41) is 8.90. The zero-order valence-electron chi connectivity index (χ0n) is 10.8. The molecule has 4 nitrogen and oxygen atoms in total. The maximum Gasteiger partial charge on any atom is 0.214 e. The van der Waals surface area contributed by atoms with Crippen LogP contribution in [0.15, 0.2) is 12.1 Å². The Bertz CT molecular complexity index is 459. The summed E-state index contributed by atoms with van der Waals surface area (Å²) in [5.74, 6) is 0.502. The molecular weight excluding hydrogens is 226 g/mol. The number of aryl methyl sites for hydroxylation is 1. The molecule has 1 aromatic rings. The van der Waals surface area contributed by atoms with Crippen LogP contribution in [0.2, 0.25) is 0 Å². The third-order valence-electron chi connectivity index (χ3n) is 3.42. The van der Waals surface area contributed by atoms with Crippen LogP contribution >= 0.6 is 0 Å². The third kappa shape index (κ3) is 3.21. The van der Waals surface area contributed by atoms with Crippen LogP contribution in [0.5, 0.6) is 5.88 Å². The summed E-state index contributed by atoms with van der Waals surface area (Å²) in [6, 6.07) is 5.51. The van der Waals surface area contributed by atoms with Crippen LogP contribution < -0.4 is 10.5 Å². The third-order valence-corrected chi connectivity index (χ3v) is 3.42. The summed E-state index contributed by atoms with van der Waals surface area (Å²) in [4.78, 5) is 4.27. The van der Waals surface area contributed by atoms with Gasteiger partial charge in [-0.1, -0.05) is 19.3 Å². The van der Waals surface area contributed by atoms with Crippen molar-refractivity contribution in [3.63, 3.8) is 0 Å². The Morgan fingerprint density at radius 2 is 2.11 bits per heavy atom. The normalized spacial score (nSPS) is 18.1. The van der Waals surface area contributed by atoms with Crippen molar-refractivity contribution in [2.75, 3.05) is 6.61 Å². The van der Waals surface area contributed by atoms with Gasteiger partial charge in [0.25, 0.3) is 0 Å². The Kier molecular flexibility index (Phi) is 3.83. The number of nitrogens with zero attached hydrogens (tertiary/aromatic N) is 2. The predicted molar refractivity (Wildman–Crippen MR) is 69.2 cm³/mol. The van der Waals surface area contributed by atoms with E-state index in [1.807, 2.05) is 6.92 Å². The van der Waals surface area contributed by atoms with Crippen molar-refractivity contribution in [2.45, 2.75) is 44.6 Å². The van der Waals surface area contributed by atoms with Crippen molar-refractivity contribution in [3.8, 4) is 11.9 Å². The molecule has 1 saturated carbocycles. The summed E-state index contributed by atoms with van der Waals surface area (Å²) in [7, 11) is 0. The molecule has 0 aromatic carbocycles. The average Bonchev–Trinajstić information content (AvgIpc) is 2.37. The fourth-order valence-electron chi connectivity index (χ4n) is 2.39. The van der Waals surface area contributed by atoms with Crippen molar-refractivity contribution in [2.24, 2.45) is 5.73 Å². The van der Waals surface area contributed by atoms with E-state index in [1.54, 1.807) is 12.1 Å². The lowest BCUT2D eigenvalue weighted by Crippen LogP contribution is -2.47. The predicted octanol–water partition coefficient (Wildman–Crippen LogP) is 2.30. The molecule has 2 N–H and O–H groups in total. The Hall–Kier alpha value is -1.60. The molecule has 1 aliphatic carbocycles. The summed E-state index contributed by atoms with van der Waals surface area (Å²) < 4.78 is 5.68. The molecule has 96 valence electrons. The van der Waals surface area contributed by atoms with E-state index in [-0.39, 0.29) is 5.54 Å². The van der Waals surface area contributed by atoms with E-state index in [1.165, 1.54) is 19.3 Å². The summed E-state index contributed by atoms with van der Waals surface area (Å²) in [5.41, 5.74) is 7.44. The summed E-state index contributed by atoms with van der Waals surface area (Å²) in [6.07, 6.45) is 5.61. The van der Waals surface area contributed by atoms with E-state index < -0.39 is 0 Å². The molecule has 0 saturated heterocycles. The first kappa shape index (κ1) is 12.8. The molecule has 0 bridgehead atoms. The van der Waals surface area contributed by atoms with Crippen molar-refractivity contribution in [1.82, 2.24) is 4.98 Å². The lowest BCUT2D eigenvalue weighted by molar-refractivity contribution is 0.169. The largest absolute Gasteiger partial charge is 0.476 e. The van der Waals surface area contributed by atoms with Gasteiger partial charge >= 0.3 is 0 Å². The van der Waals surface area contributed by atoms with Crippen molar-refractivity contribution in [3.05, 3.63) is 23.4 Å². The minimum Gasteiger partial charge on any atom is -0.476 e. The highest BCUT2D eigenvalue weighted by Gasteiger charge is 2.28. The number of pyridine rings is 1. The first-order valence-corrected chi connectivity index (χ1v) is 6.42. The van der Waals surface area contributed by atoms with Gasteiger partial charge in [0.2, 0.25) is 5.88 Å². The van der Waals surface area contributed by atoms with Crippen LogP contribution in [0.1, 0.15) is 43.4 Å². The molecule has 0 aliphatic heterocycles. The van der Waals surface area contributed by atoms with E-state index in [0.717, 1.165) is 18.5 Å². The van der Waals surface area contributed by atoms with E-state index in [4.69, 9.17) is 15.7 Å². The first-order chi connectivity index (χ1) is 8.61. The van der Waals surface area contributed by atoms with Gasteiger partial charge in [-0.3, -0.25) is 0 Å². The fourth-order valence-corrected chi connectivity index (χ4v) is 2.39. The molecule has 1 aliphatic rings. The fraction of sp³-hybridized carbons (Fsp3) is 0.571. The highest BCUT2D eigenvalue weighted by molar-refractivity contribution is 5.34. The number of ether oxygens (including phenoxy) is 1. The molecule has 0 radical (unpaired) electrons. The van der Waals surface area contributed by atoms with Crippen molar-refractivity contribution < 1.29 is 4.74 Å². The van der Waals surface area contributed by atoms with E-state index in [2.05, 4.69) is 11.1 Å². The number of nitrogens with two attached hydrogens (primary N) is 1. The van der Waals surface area contributed by atoms with Crippen LogP contribution in [-0.4, -0.2) is 17.1 Å². The lowest BCUT2D eigenvalue weighted by Gasteiger charge is -2.32. The van der Waals surface area contributed by atoms with Gasteiger partial charge in [-0.2, -0.15) is 5.26 Å². The maximum atomic E-state index is 8.90. The van der Waals surface area contributed by atoms with Gasteiger partial charge in [0.05, 0.1) is 17.2 Å². The van der Waals surface area contributed by atoms with Gasteiger partial charge in [0, 0.05) is 11.8 Å². The second-order valence-electron chi connectivity index (χ2n) is 5.16. The van der Waals surface area contributed by atoms with Crippen LogP contribution in [0.3, 0.4) is 0 Å². The van der Waals surface area contributed by atoms with Crippen molar-refractivity contribution >= 4 is 0 Å². The van der Waals surface area contributed by atoms with Gasteiger partial charge in [-0.15, -0.1) is 0 Å². The zero-order chi connectivity index (χ0) is 13.0. The Balaban J connectivity index is 2.01.